The van der Waals surface area contributed by atoms with E-state index in [4.69, 9.17) is 15.3 Å². The average Bonchev–Trinajstić information content (AvgIpc) is 1.99. The molecule has 0 radical (unpaired) electrons. The molecule has 0 heterocycles. The molecule has 10 heavy (non-hydrogen) atoms. The van der Waals surface area contributed by atoms with Gasteiger partial charge >= 0.3 is 0 Å². The first-order chi connectivity index (χ1) is 4.70. The zero-order chi connectivity index (χ0) is 7.98. The van der Waals surface area contributed by atoms with E-state index in [2.05, 4.69) is 0 Å². The first-order valence-electron chi connectivity index (χ1n) is 3.13. The van der Waals surface area contributed by atoms with E-state index in [1.165, 1.54) is 0 Å². The number of hydrogen-bond acceptors (Lipinski definition) is 4. The molecule has 0 fully saturated rings. The molecule has 0 unspecified atom stereocenters. The van der Waals surface area contributed by atoms with Gasteiger partial charge in [0, 0.05) is 0 Å². The van der Waals surface area contributed by atoms with Crippen molar-refractivity contribution in [1.29, 1.82) is 0 Å². The Hall–Kier alpha value is -0.450. The summed E-state index contributed by atoms with van der Waals surface area (Å²) < 4.78 is 0. The molecule has 4 nitrogen and oxygen atoms in total. The first-order valence-corrected chi connectivity index (χ1v) is 3.13. The normalized spacial score (nSPS) is 16.3. The second kappa shape index (κ2) is 5.34. The van der Waals surface area contributed by atoms with Crippen LogP contribution in [-0.4, -0.2) is 40.4 Å². The summed E-state index contributed by atoms with van der Waals surface area (Å²) in [5, 5.41) is 25.7. The minimum absolute atomic E-state index is 0.200. The zero-order valence-corrected chi connectivity index (χ0v) is 5.60. The Morgan fingerprint density at radius 2 is 1.90 bits per heavy atom. The van der Waals surface area contributed by atoms with Crippen molar-refractivity contribution in [2.75, 3.05) is 6.61 Å². The van der Waals surface area contributed by atoms with Crippen molar-refractivity contribution in [3.63, 3.8) is 0 Å². The average molecular weight is 148 g/mol. The van der Waals surface area contributed by atoms with Gasteiger partial charge in [-0.15, -0.1) is 0 Å². The highest BCUT2D eigenvalue weighted by Gasteiger charge is 2.06. The number of hydrogen-bond donors (Lipinski definition) is 3. The fraction of sp³-hybridized carbons (Fsp3) is 0.833. The molecule has 3 N–H and O–H groups in total. The standard InChI is InChI=1S/C6H12O4/c7-3-5(9)1-2-6(10)4-8/h3,5-6,8-10H,1-2,4H2/t5-,6-/m0/s1. The van der Waals surface area contributed by atoms with Gasteiger partial charge in [-0.2, -0.15) is 0 Å². The monoisotopic (exact) mass is 148 g/mol. The predicted octanol–water partition coefficient (Wildman–Crippen LogP) is -1.32. The van der Waals surface area contributed by atoms with Crippen LogP contribution in [0.5, 0.6) is 0 Å². The van der Waals surface area contributed by atoms with Crippen molar-refractivity contribution >= 4 is 6.29 Å². The SMILES string of the molecule is O=C[C@@H](O)CC[C@H](O)CO. The lowest BCUT2D eigenvalue weighted by Crippen LogP contribution is -2.16. The number of aliphatic hydroxyl groups excluding tert-OH is 3. The molecule has 0 saturated carbocycles. The third kappa shape index (κ3) is 4.43. The molecule has 0 aromatic heterocycles. The molecule has 0 aromatic carbocycles. The summed E-state index contributed by atoms with van der Waals surface area (Å²) in [6, 6.07) is 0. The summed E-state index contributed by atoms with van der Waals surface area (Å²) in [4.78, 5) is 9.81. The Morgan fingerprint density at radius 3 is 2.30 bits per heavy atom. The van der Waals surface area contributed by atoms with Crippen LogP contribution in [0.4, 0.5) is 0 Å². The Kier molecular flexibility index (Phi) is 5.10. The van der Waals surface area contributed by atoms with Crippen LogP contribution < -0.4 is 0 Å². The lowest BCUT2D eigenvalue weighted by Gasteiger charge is -2.06. The van der Waals surface area contributed by atoms with E-state index in [1.807, 2.05) is 0 Å². The van der Waals surface area contributed by atoms with Crippen molar-refractivity contribution in [3.8, 4) is 0 Å². The van der Waals surface area contributed by atoms with Gasteiger partial charge in [0.25, 0.3) is 0 Å². The number of aldehydes is 1. The Balaban J connectivity index is 3.25. The Morgan fingerprint density at radius 1 is 1.30 bits per heavy atom. The molecular weight excluding hydrogens is 136 g/mol. The van der Waals surface area contributed by atoms with Crippen LogP contribution in [0, 0.1) is 0 Å². The molecule has 0 saturated heterocycles. The molecule has 0 aliphatic carbocycles. The molecular formula is C6H12O4. The van der Waals surface area contributed by atoms with Gasteiger partial charge in [0.15, 0.2) is 0 Å². The largest absolute Gasteiger partial charge is 0.394 e. The fourth-order valence-electron chi connectivity index (χ4n) is 0.522. The topological polar surface area (TPSA) is 77.8 Å². The van der Waals surface area contributed by atoms with Gasteiger partial charge in [0.1, 0.15) is 12.4 Å². The van der Waals surface area contributed by atoms with E-state index in [0.29, 0.717) is 6.29 Å². The van der Waals surface area contributed by atoms with Crippen LogP contribution in [0.25, 0.3) is 0 Å². The quantitative estimate of drug-likeness (QED) is 0.422. The van der Waals surface area contributed by atoms with Crippen LogP contribution in [-0.2, 0) is 4.79 Å². The number of carbonyl (C=O) groups is 1. The maximum atomic E-state index is 9.81. The minimum Gasteiger partial charge on any atom is -0.394 e. The summed E-state index contributed by atoms with van der Waals surface area (Å²) in [7, 11) is 0. The summed E-state index contributed by atoms with van der Waals surface area (Å²) in [5.41, 5.74) is 0. The maximum Gasteiger partial charge on any atom is 0.148 e. The molecule has 0 amide bonds. The van der Waals surface area contributed by atoms with E-state index in [0.717, 1.165) is 0 Å². The second-order valence-electron chi connectivity index (χ2n) is 2.12. The molecule has 0 aliphatic rings. The highest BCUT2D eigenvalue weighted by atomic mass is 16.3. The Bertz CT molecular complexity index is 93.7. The summed E-state index contributed by atoms with van der Waals surface area (Å²) in [5.74, 6) is 0. The maximum absolute atomic E-state index is 9.81. The van der Waals surface area contributed by atoms with Gasteiger partial charge in [-0.3, -0.25) is 0 Å². The number of rotatable bonds is 5. The van der Waals surface area contributed by atoms with E-state index in [1.54, 1.807) is 0 Å². The number of carbonyl (C=O) groups excluding carboxylic acids is 1. The molecule has 4 heteroatoms. The van der Waals surface area contributed by atoms with Crippen molar-refractivity contribution in [2.24, 2.45) is 0 Å². The van der Waals surface area contributed by atoms with Crippen molar-refractivity contribution < 1.29 is 20.1 Å². The lowest BCUT2D eigenvalue weighted by molar-refractivity contribution is -0.115. The van der Waals surface area contributed by atoms with Gasteiger partial charge in [0.05, 0.1) is 12.7 Å². The van der Waals surface area contributed by atoms with Crippen molar-refractivity contribution in [3.05, 3.63) is 0 Å². The molecule has 0 spiro atoms. The first kappa shape index (κ1) is 9.55. The van der Waals surface area contributed by atoms with Crippen LogP contribution in [0.2, 0.25) is 0 Å². The molecule has 60 valence electrons. The van der Waals surface area contributed by atoms with E-state index in [9.17, 15) is 4.79 Å². The molecule has 2 atom stereocenters. The van der Waals surface area contributed by atoms with Gasteiger partial charge < -0.3 is 20.1 Å². The lowest BCUT2D eigenvalue weighted by atomic mass is 10.1. The Labute approximate surface area is 59.1 Å². The molecule has 0 aliphatic heterocycles. The van der Waals surface area contributed by atoms with Crippen LogP contribution >= 0.6 is 0 Å². The molecule has 0 bridgehead atoms. The summed E-state index contributed by atoms with van der Waals surface area (Å²) in [6.07, 6.45) is -0.984. The van der Waals surface area contributed by atoms with E-state index < -0.39 is 12.2 Å². The molecule has 0 aromatic rings. The highest BCUT2D eigenvalue weighted by molar-refractivity contribution is 5.55. The third-order valence-electron chi connectivity index (χ3n) is 1.16. The fourth-order valence-corrected chi connectivity index (χ4v) is 0.522. The third-order valence-corrected chi connectivity index (χ3v) is 1.16. The highest BCUT2D eigenvalue weighted by Crippen LogP contribution is 1.98. The van der Waals surface area contributed by atoms with Crippen LogP contribution in [0.1, 0.15) is 12.8 Å². The second-order valence-corrected chi connectivity index (χ2v) is 2.12. The van der Waals surface area contributed by atoms with Crippen LogP contribution in [0.15, 0.2) is 0 Å². The van der Waals surface area contributed by atoms with Gasteiger partial charge in [0.2, 0.25) is 0 Å². The smallest absolute Gasteiger partial charge is 0.148 e. The van der Waals surface area contributed by atoms with Crippen molar-refractivity contribution in [1.82, 2.24) is 0 Å². The van der Waals surface area contributed by atoms with E-state index >= 15 is 0 Å². The van der Waals surface area contributed by atoms with Crippen molar-refractivity contribution in [2.45, 2.75) is 25.0 Å². The van der Waals surface area contributed by atoms with Gasteiger partial charge in [-0.1, -0.05) is 0 Å². The summed E-state index contributed by atoms with van der Waals surface area (Å²) >= 11 is 0. The van der Waals surface area contributed by atoms with Gasteiger partial charge in [-0.05, 0) is 12.8 Å². The summed E-state index contributed by atoms with van der Waals surface area (Å²) in [6.45, 7) is -0.328. The van der Waals surface area contributed by atoms with Gasteiger partial charge in [-0.25, -0.2) is 0 Å². The molecule has 0 rings (SSSR count). The van der Waals surface area contributed by atoms with E-state index in [-0.39, 0.29) is 19.4 Å². The minimum atomic E-state index is -1.01. The zero-order valence-electron chi connectivity index (χ0n) is 5.60. The van der Waals surface area contributed by atoms with Crippen LogP contribution in [0.3, 0.4) is 0 Å². The predicted molar refractivity (Wildman–Crippen MR) is 34.4 cm³/mol. The number of aliphatic hydroxyl groups is 3.